The van der Waals surface area contributed by atoms with E-state index in [2.05, 4.69) is 18.7 Å². The second kappa shape index (κ2) is 10.9. The Kier molecular flexibility index (Phi) is 7.83. The minimum Gasteiger partial charge on any atom is -0.461 e. The van der Waals surface area contributed by atoms with Crippen molar-refractivity contribution >= 4 is 40.9 Å². The van der Waals surface area contributed by atoms with Crippen molar-refractivity contribution in [3.63, 3.8) is 0 Å². The van der Waals surface area contributed by atoms with Crippen molar-refractivity contribution in [3.05, 3.63) is 48.6 Å². The van der Waals surface area contributed by atoms with Crippen LogP contribution in [0, 0.1) is 17.8 Å². The van der Waals surface area contributed by atoms with Crippen LogP contribution in [0.1, 0.15) is 41.0 Å². The third kappa shape index (κ3) is 4.45. The van der Waals surface area contributed by atoms with E-state index in [1.807, 2.05) is 69.3 Å². The van der Waals surface area contributed by atoms with E-state index in [-0.39, 0.29) is 30.9 Å². The molecule has 8 nitrogen and oxygen atoms in total. The summed E-state index contributed by atoms with van der Waals surface area (Å²) in [6.07, 6.45) is 8.32. The molecule has 4 aliphatic heterocycles. The fourth-order valence-electron chi connectivity index (χ4n) is 7.17. The largest absolute Gasteiger partial charge is 0.461 e. The maximum atomic E-state index is 14.7. The van der Waals surface area contributed by atoms with E-state index in [4.69, 9.17) is 4.74 Å². The molecule has 0 saturated carbocycles. The molecule has 0 aromatic heterocycles. The zero-order valence-electron chi connectivity index (χ0n) is 24.1. The number of hydrogen-bond donors (Lipinski definition) is 1. The number of anilines is 2. The quantitative estimate of drug-likeness (QED) is 0.379. The first-order valence-corrected chi connectivity index (χ1v) is 15.2. The lowest BCUT2D eigenvalue weighted by Crippen LogP contribution is -2.57. The number of carbonyl (C=O) groups excluding carboxylic acids is 3. The zero-order chi connectivity index (χ0) is 28.8. The van der Waals surface area contributed by atoms with E-state index >= 15 is 0 Å². The highest BCUT2D eigenvalue weighted by Crippen LogP contribution is 2.65. The van der Waals surface area contributed by atoms with E-state index in [9.17, 15) is 19.5 Å². The molecule has 0 radical (unpaired) electrons. The summed E-state index contributed by atoms with van der Waals surface area (Å²) in [5.74, 6) is -2.15. The van der Waals surface area contributed by atoms with Crippen LogP contribution in [0.5, 0.6) is 0 Å². The molecule has 2 saturated heterocycles. The smallest absolute Gasteiger partial charge is 0.311 e. The highest BCUT2D eigenvalue weighted by atomic mass is 32.2. The molecule has 6 atom stereocenters. The molecule has 0 bridgehead atoms. The van der Waals surface area contributed by atoms with Crippen LogP contribution in [0.25, 0.3) is 0 Å². The number of benzene rings is 1. The number of carbonyl (C=O) groups is 3. The molecule has 1 spiro atoms. The molecule has 40 heavy (non-hydrogen) atoms. The summed E-state index contributed by atoms with van der Waals surface area (Å²) >= 11 is 1.52. The first-order valence-electron chi connectivity index (χ1n) is 14.4. The van der Waals surface area contributed by atoms with E-state index in [1.165, 1.54) is 11.8 Å². The third-order valence-corrected chi connectivity index (χ3v) is 10.7. The highest BCUT2D eigenvalue weighted by Gasteiger charge is 2.74. The van der Waals surface area contributed by atoms with Gasteiger partial charge in [0.1, 0.15) is 12.6 Å². The molecule has 1 aromatic carbocycles. The number of aliphatic hydroxyl groups excluding tert-OH is 1. The average Bonchev–Trinajstić information content (AvgIpc) is 3.19. The maximum Gasteiger partial charge on any atom is 0.311 e. The topological polar surface area (TPSA) is 90.4 Å². The Bertz CT molecular complexity index is 1210. The van der Waals surface area contributed by atoms with Crippen LogP contribution < -0.4 is 9.80 Å². The van der Waals surface area contributed by atoms with Crippen LogP contribution in [-0.4, -0.2) is 82.2 Å². The summed E-state index contributed by atoms with van der Waals surface area (Å²) < 4.78 is 3.85. The van der Waals surface area contributed by atoms with Gasteiger partial charge in [0.2, 0.25) is 5.91 Å². The van der Waals surface area contributed by atoms with Gasteiger partial charge in [-0.15, -0.1) is 11.8 Å². The molecule has 2 amide bonds. The minimum absolute atomic E-state index is 0.172. The second-order valence-electron chi connectivity index (χ2n) is 11.8. The van der Waals surface area contributed by atoms with Crippen LogP contribution >= 0.6 is 11.8 Å². The summed E-state index contributed by atoms with van der Waals surface area (Å²) in [5.41, 5.74) is 1.84. The van der Waals surface area contributed by atoms with Crippen molar-refractivity contribution in [2.45, 2.75) is 62.6 Å². The van der Waals surface area contributed by atoms with E-state index in [0.29, 0.717) is 13.0 Å². The number of ether oxygens (including phenoxy) is 1. The fourth-order valence-corrected chi connectivity index (χ4v) is 9.31. The van der Waals surface area contributed by atoms with Gasteiger partial charge < -0.3 is 24.5 Å². The number of rotatable bonds is 8. The van der Waals surface area contributed by atoms with Crippen molar-refractivity contribution in [1.82, 2.24) is 4.90 Å². The first kappa shape index (κ1) is 28.7. The first-order chi connectivity index (χ1) is 19.1. The van der Waals surface area contributed by atoms with Gasteiger partial charge in [0.15, 0.2) is 0 Å². The van der Waals surface area contributed by atoms with Gasteiger partial charge in [-0.3, -0.25) is 14.4 Å². The number of nitrogens with zero attached hydrogens (tertiary/aromatic N) is 3. The molecule has 4 heterocycles. The van der Waals surface area contributed by atoms with Gasteiger partial charge in [0, 0.05) is 35.8 Å². The second-order valence-corrected chi connectivity index (χ2v) is 13.6. The molecule has 1 unspecified atom stereocenters. The Balaban J connectivity index is 1.61. The molecule has 1 N–H and O–H groups in total. The van der Waals surface area contributed by atoms with Crippen LogP contribution in [0.3, 0.4) is 0 Å². The van der Waals surface area contributed by atoms with Gasteiger partial charge in [-0.2, -0.15) is 0 Å². The van der Waals surface area contributed by atoms with Gasteiger partial charge >= 0.3 is 5.97 Å². The SMILES string of the molecule is CCN(CC)c1ccc(N2CC=C[C@]34S[C@]5(C)C=CCOC(=O)[C@@H]5[C@H]3C(=O)N([C@@H](CO)CC(C)C)C4C2=O)cc1. The molecular formula is C31H41N3O5S. The number of esters is 1. The Morgan fingerprint density at radius 2 is 1.75 bits per heavy atom. The van der Waals surface area contributed by atoms with Crippen molar-refractivity contribution in [1.29, 1.82) is 0 Å². The van der Waals surface area contributed by atoms with Crippen molar-refractivity contribution in [3.8, 4) is 0 Å². The number of aliphatic hydroxyl groups is 1. The Morgan fingerprint density at radius 3 is 2.38 bits per heavy atom. The van der Waals surface area contributed by atoms with Crippen LogP contribution in [0.2, 0.25) is 0 Å². The predicted octanol–water partition coefficient (Wildman–Crippen LogP) is 3.64. The van der Waals surface area contributed by atoms with Gasteiger partial charge in [-0.25, -0.2) is 0 Å². The third-order valence-electron chi connectivity index (χ3n) is 8.89. The van der Waals surface area contributed by atoms with Crippen LogP contribution in [0.15, 0.2) is 48.6 Å². The lowest BCUT2D eigenvalue weighted by atomic mass is 9.75. The van der Waals surface area contributed by atoms with Crippen molar-refractivity contribution in [2.75, 3.05) is 42.6 Å². The molecule has 9 heteroatoms. The molecule has 216 valence electrons. The normalized spacial score (nSPS) is 32.0. The Morgan fingerprint density at radius 1 is 1.05 bits per heavy atom. The van der Waals surface area contributed by atoms with E-state index < -0.39 is 39.4 Å². The monoisotopic (exact) mass is 567 g/mol. The standard InChI is InChI=1S/C31H41N3O5S/c1-6-32(7-2)21-10-12-22(13-11-21)33-16-8-15-31-24(25-29(38)39-17-9-14-30(25,5)40-31)27(36)34(26(31)28(33)37)23(19-35)18-20(3)4/h8-15,20,23-26,35H,6-7,16-19H2,1-5H3/t23-,24+,25+,26?,30-,31+/m1/s1. The minimum atomic E-state index is -0.964. The van der Waals surface area contributed by atoms with Gasteiger partial charge in [0.25, 0.3) is 5.91 Å². The van der Waals surface area contributed by atoms with Gasteiger partial charge in [-0.05, 0) is 63.5 Å². The lowest BCUT2D eigenvalue weighted by Gasteiger charge is -2.40. The summed E-state index contributed by atoms with van der Waals surface area (Å²) in [4.78, 5) is 48.1. The molecular weight excluding hydrogens is 526 g/mol. The maximum absolute atomic E-state index is 14.7. The lowest BCUT2D eigenvalue weighted by molar-refractivity contribution is -0.153. The van der Waals surface area contributed by atoms with Crippen LogP contribution in [0.4, 0.5) is 11.4 Å². The molecule has 2 fully saturated rings. The van der Waals surface area contributed by atoms with Crippen LogP contribution in [-0.2, 0) is 19.1 Å². The number of hydrogen-bond acceptors (Lipinski definition) is 7. The average molecular weight is 568 g/mol. The summed E-state index contributed by atoms with van der Waals surface area (Å²) in [6, 6.07) is 6.57. The zero-order valence-corrected chi connectivity index (χ0v) is 24.9. The fraction of sp³-hybridized carbons (Fsp3) is 0.581. The number of cyclic esters (lactones) is 1. The molecule has 1 aromatic rings. The Hall–Kier alpha value is -2.78. The number of amides is 2. The van der Waals surface area contributed by atoms with Gasteiger partial charge in [-0.1, -0.05) is 32.1 Å². The number of fused-ring (bicyclic) bond motifs is 2. The van der Waals surface area contributed by atoms with Crippen molar-refractivity contribution in [2.24, 2.45) is 17.8 Å². The molecule has 0 aliphatic carbocycles. The summed E-state index contributed by atoms with van der Waals surface area (Å²) in [6.45, 7) is 12.3. The highest BCUT2D eigenvalue weighted by molar-refractivity contribution is 8.02. The predicted molar refractivity (Wildman–Crippen MR) is 158 cm³/mol. The molecule has 5 rings (SSSR count). The summed E-state index contributed by atoms with van der Waals surface area (Å²) in [7, 11) is 0. The number of thioether (sulfide) groups is 1. The van der Waals surface area contributed by atoms with Crippen molar-refractivity contribution < 1.29 is 24.2 Å². The number of likely N-dealkylation sites (tertiary alicyclic amines) is 1. The van der Waals surface area contributed by atoms with Gasteiger partial charge in [0.05, 0.1) is 29.2 Å². The Labute approximate surface area is 241 Å². The molecule has 4 aliphatic rings. The van der Waals surface area contributed by atoms with E-state index in [0.717, 1.165) is 24.5 Å². The van der Waals surface area contributed by atoms with E-state index in [1.54, 1.807) is 9.80 Å². The summed E-state index contributed by atoms with van der Waals surface area (Å²) in [5, 5.41) is 10.5.